The van der Waals surface area contributed by atoms with Crippen LogP contribution in [0.3, 0.4) is 0 Å². The van der Waals surface area contributed by atoms with Crippen LogP contribution in [0.2, 0.25) is 0 Å². The van der Waals surface area contributed by atoms with Gasteiger partial charge in [0.1, 0.15) is 5.82 Å². The molecule has 0 bridgehead atoms. The number of hydrogen-bond donors (Lipinski definition) is 2. The predicted octanol–water partition coefficient (Wildman–Crippen LogP) is 4.92. The molecule has 1 aromatic heterocycles. The predicted molar refractivity (Wildman–Crippen MR) is 124 cm³/mol. The summed E-state index contributed by atoms with van der Waals surface area (Å²) in [6, 6.07) is 26.8. The van der Waals surface area contributed by atoms with Crippen LogP contribution in [0.15, 0.2) is 84.9 Å². The quantitative estimate of drug-likeness (QED) is 0.491. The number of primary amides is 1. The summed E-state index contributed by atoms with van der Waals surface area (Å²) in [4.78, 5) is 29.5. The molecule has 5 heteroatoms. The first-order valence-electron chi connectivity index (χ1n) is 10.0. The lowest BCUT2D eigenvalue weighted by Crippen LogP contribution is -2.35. The molecule has 2 amide bonds. The lowest BCUT2D eigenvalue weighted by molar-refractivity contribution is -0.120. The Kier molecular flexibility index (Phi) is 5.26. The Balaban J connectivity index is 1.61. The van der Waals surface area contributed by atoms with Gasteiger partial charge in [0.05, 0.1) is 16.5 Å². The number of nitrogens with one attached hydrogen (secondary N) is 1. The topological polar surface area (TPSA) is 85.1 Å². The summed E-state index contributed by atoms with van der Waals surface area (Å²) >= 11 is 0. The molecule has 31 heavy (non-hydrogen) atoms. The van der Waals surface area contributed by atoms with Gasteiger partial charge in [0.2, 0.25) is 11.8 Å². The molecule has 0 unspecified atom stereocenters. The number of para-hydroxylation sites is 1. The molecule has 4 aromatic rings. The van der Waals surface area contributed by atoms with Crippen molar-refractivity contribution in [2.45, 2.75) is 19.3 Å². The summed E-state index contributed by atoms with van der Waals surface area (Å²) in [5, 5.41) is 3.51. The molecule has 0 aliphatic carbocycles. The Bertz CT molecular complexity index is 1260. The van der Waals surface area contributed by atoms with Crippen LogP contribution in [0, 0.1) is 0 Å². The van der Waals surface area contributed by atoms with E-state index in [-0.39, 0.29) is 5.91 Å². The molecular formula is C26H23N3O2. The molecule has 0 atom stereocenters. The normalized spacial score (nSPS) is 11.3. The number of aromatic nitrogens is 1. The summed E-state index contributed by atoms with van der Waals surface area (Å²) in [6.07, 6.45) is 0. The Morgan fingerprint density at radius 3 is 2.13 bits per heavy atom. The van der Waals surface area contributed by atoms with E-state index in [1.54, 1.807) is 12.1 Å². The molecule has 0 saturated heterocycles. The van der Waals surface area contributed by atoms with Crippen LogP contribution in [0.5, 0.6) is 0 Å². The van der Waals surface area contributed by atoms with Crippen molar-refractivity contribution in [1.82, 2.24) is 4.98 Å². The van der Waals surface area contributed by atoms with Crippen LogP contribution in [0.4, 0.5) is 5.82 Å². The number of amides is 2. The second-order valence-electron chi connectivity index (χ2n) is 7.96. The van der Waals surface area contributed by atoms with Crippen LogP contribution in [-0.2, 0) is 10.2 Å². The van der Waals surface area contributed by atoms with E-state index in [9.17, 15) is 9.59 Å². The molecule has 0 spiro atoms. The first-order chi connectivity index (χ1) is 14.9. The molecule has 3 N–H and O–H groups in total. The number of carbonyl (C=O) groups is 2. The molecule has 1 heterocycles. The van der Waals surface area contributed by atoms with Crippen molar-refractivity contribution in [2.24, 2.45) is 5.73 Å². The van der Waals surface area contributed by atoms with Gasteiger partial charge in [-0.25, -0.2) is 4.98 Å². The van der Waals surface area contributed by atoms with E-state index < -0.39 is 11.3 Å². The van der Waals surface area contributed by atoms with Gasteiger partial charge in [0, 0.05) is 5.39 Å². The monoisotopic (exact) mass is 409 g/mol. The Morgan fingerprint density at radius 1 is 0.839 bits per heavy atom. The highest BCUT2D eigenvalue weighted by Crippen LogP contribution is 2.29. The van der Waals surface area contributed by atoms with Gasteiger partial charge in [-0.1, -0.05) is 72.8 Å². The lowest BCUT2D eigenvalue weighted by atomic mass is 9.83. The number of rotatable bonds is 5. The number of nitrogens with zero attached hydrogens (tertiary/aromatic N) is 1. The zero-order chi connectivity index (χ0) is 22.0. The van der Waals surface area contributed by atoms with Gasteiger partial charge in [-0.3, -0.25) is 9.59 Å². The average Bonchev–Trinajstić information content (AvgIpc) is 2.79. The van der Waals surface area contributed by atoms with Gasteiger partial charge in [0.15, 0.2) is 0 Å². The Hall–Kier alpha value is -3.99. The van der Waals surface area contributed by atoms with E-state index >= 15 is 0 Å². The largest absolute Gasteiger partial charge is 0.366 e. The van der Waals surface area contributed by atoms with Crippen LogP contribution < -0.4 is 11.1 Å². The smallest absolute Gasteiger partial charge is 0.249 e. The number of benzene rings is 3. The van der Waals surface area contributed by atoms with Gasteiger partial charge in [-0.2, -0.15) is 0 Å². The zero-order valence-electron chi connectivity index (χ0n) is 17.4. The van der Waals surface area contributed by atoms with Crippen LogP contribution in [0.1, 0.15) is 29.8 Å². The third-order valence-electron chi connectivity index (χ3n) is 5.50. The summed E-state index contributed by atoms with van der Waals surface area (Å²) in [5.74, 6) is -0.491. The fourth-order valence-electron chi connectivity index (χ4n) is 3.56. The molecule has 3 aromatic carbocycles. The van der Waals surface area contributed by atoms with Gasteiger partial charge >= 0.3 is 0 Å². The minimum absolute atomic E-state index is 0.224. The second kappa shape index (κ2) is 8.03. The van der Waals surface area contributed by atoms with Crippen molar-refractivity contribution in [3.05, 3.63) is 96.1 Å². The number of fused-ring (bicyclic) bond motifs is 1. The SMILES string of the molecule is CC(C)(C(=O)Nc1cc(C(N)=O)c2ccccc2n1)c1ccc(-c2ccccc2)cc1. The number of nitrogens with two attached hydrogens (primary N) is 1. The molecule has 154 valence electrons. The zero-order valence-corrected chi connectivity index (χ0v) is 17.4. The fraction of sp³-hybridized carbons (Fsp3) is 0.115. The number of hydrogen-bond acceptors (Lipinski definition) is 3. The molecule has 0 aliphatic heterocycles. The second-order valence-corrected chi connectivity index (χ2v) is 7.96. The summed E-state index contributed by atoms with van der Waals surface area (Å²) in [5.41, 5.74) is 8.73. The van der Waals surface area contributed by atoms with Crippen LogP contribution in [-0.4, -0.2) is 16.8 Å². The number of carbonyl (C=O) groups excluding carboxylic acids is 2. The Labute approximate surface area is 180 Å². The third kappa shape index (κ3) is 4.03. The molecular weight excluding hydrogens is 386 g/mol. The van der Waals surface area contributed by atoms with Crippen molar-refractivity contribution < 1.29 is 9.59 Å². The molecule has 0 saturated carbocycles. The van der Waals surface area contributed by atoms with E-state index in [1.807, 2.05) is 68.4 Å². The van der Waals surface area contributed by atoms with E-state index in [1.165, 1.54) is 6.07 Å². The van der Waals surface area contributed by atoms with Crippen LogP contribution in [0.25, 0.3) is 22.0 Å². The first kappa shape index (κ1) is 20.3. The molecule has 0 fully saturated rings. The van der Waals surface area contributed by atoms with E-state index in [2.05, 4.69) is 22.4 Å². The Morgan fingerprint density at radius 2 is 1.45 bits per heavy atom. The maximum absolute atomic E-state index is 13.1. The minimum Gasteiger partial charge on any atom is -0.366 e. The van der Waals surface area contributed by atoms with E-state index in [0.717, 1.165) is 16.7 Å². The summed E-state index contributed by atoms with van der Waals surface area (Å²) < 4.78 is 0. The molecule has 4 rings (SSSR count). The first-order valence-corrected chi connectivity index (χ1v) is 10.0. The van der Waals surface area contributed by atoms with Gasteiger partial charge in [0.25, 0.3) is 0 Å². The fourth-order valence-corrected chi connectivity index (χ4v) is 3.56. The standard InChI is InChI=1S/C26H23N3O2/c1-26(2,19-14-12-18(13-15-19)17-8-4-3-5-9-17)25(31)29-23-16-21(24(27)30)20-10-6-7-11-22(20)28-23/h3-16H,1-2H3,(H2,27,30)(H,28,29,31). The summed E-state index contributed by atoms with van der Waals surface area (Å²) in [7, 11) is 0. The maximum atomic E-state index is 13.1. The van der Waals surface area contributed by atoms with Gasteiger partial charge in [-0.05, 0) is 42.7 Å². The van der Waals surface area contributed by atoms with Crippen molar-refractivity contribution in [2.75, 3.05) is 5.32 Å². The van der Waals surface area contributed by atoms with Crippen LogP contribution >= 0.6 is 0 Å². The van der Waals surface area contributed by atoms with Gasteiger partial charge < -0.3 is 11.1 Å². The van der Waals surface area contributed by atoms with Crippen molar-refractivity contribution in [3.8, 4) is 11.1 Å². The van der Waals surface area contributed by atoms with Crippen molar-refractivity contribution in [1.29, 1.82) is 0 Å². The van der Waals surface area contributed by atoms with Crippen molar-refractivity contribution >= 4 is 28.5 Å². The highest BCUT2D eigenvalue weighted by Gasteiger charge is 2.30. The number of pyridine rings is 1. The van der Waals surface area contributed by atoms with Crippen molar-refractivity contribution in [3.63, 3.8) is 0 Å². The highest BCUT2D eigenvalue weighted by molar-refractivity contribution is 6.07. The molecule has 0 aliphatic rings. The number of anilines is 1. The average molecular weight is 409 g/mol. The third-order valence-corrected chi connectivity index (χ3v) is 5.50. The lowest BCUT2D eigenvalue weighted by Gasteiger charge is -2.24. The highest BCUT2D eigenvalue weighted by atomic mass is 16.2. The minimum atomic E-state index is -0.810. The van der Waals surface area contributed by atoms with Gasteiger partial charge in [-0.15, -0.1) is 0 Å². The molecule has 0 radical (unpaired) electrons. The molecule has 5 nitrogen and oxygen atoms in total. The van der Waals surface area contributed by atoms with E-state index in [4.69, 9.17) is 5.73 Å². The van der Waals surface area contributed by atoms with E-state index in [0.29, 0.717) is 22.3 Å². The maximum Gasteiger partial charge on any atom is 0.249 e. The summed E-state index contributed by atoms with van der Waals surface area (Å²) in [6.45, 7) is 3.71.